The minimum absolute atomic E-state index is 0.0890. The van der Waals surface area contributed by atoms with Gasteiger partial charge >= 0.3 is 0 Å². The molecule has 0 aromatic heterocycles. The van der Waals surface area contributed by atoms with Crippen molar-refractivity contribution >= 4 is 5.91 Å². The maximum absolute atomic E-state index is 10.8. The van der Waals surface area contributed by atoms with Gasteiger partial charge in [0.15, 0.2) is 0 Å². The fourth-order valence-electron chi connectivity index (χ4n) is 1.06. The van der Waals surface area contributed by atoms with Crippen LogP contribution in [0.15, 0.2) is 0 Å². The van der Waals surface area contributed by atoms with Crippen molar-refractivity contribution in [1.82, 2.24) is 4.90 Å². The van der Waals surface area contributed by atoms with E-state index in [2.05, 4.69) is 11.7 Å². The van der Waals surface area contributed by atoms with Gasteiger partial charge in [-0.1, -0.05) is 0 Å². The molecule has 5 N–H and O–H groups in total. The Balaban J connectivity index is 0.000000461. The third-order valence-corrected chi connectivity index (χ3v) is 1.54. The lowest BCUT2D eigenvalue weighted by Gasteiger charge is -2.11. The number of nitrogens with zero attached hydrogens (tertiary/aromatic N) is 1. The summed E-state index contributed by atoms with van der Waals surface area (Å²) in [6, 6.07) is 0. The Hall–Kier alpha value is -0.650. The predicted octanol–water partition coefficient (Wildman–Crippen LogP) is -1.58. The van der Waals surface area contributed by atoms with Crippen molar-refractivity contribution in [3.05, 3.63) is 0 Å². The number of likely N-dealkylation sites (tertiary alicyclic amines) is 1. The molecular formula is C6H15N3O2. The van der Waals surface area contributed by atoms with Gasteiger partial charge in [0.2, 0.25) is 5.91 Å². The Labute approximate surface area is 65.9 Å². The van der Waals surface area contributed by atoms with Gasteiger partial charge in [0.25, 0.3) is 0 Å². The standard InChI is InChI=1S/C6H11NO2.H4N2/c8-5-4-7-3-1-2-6(7)9;1-2/h8H,1-5H2;1-2H2. The molecule has 1 rings (SSSR count). The van der Waals surface area contributed by atoms with Crippen LogP contribution in [0.2, 0.25) is 0 Å². The van der Waals surface area contributed by atoms with E-state index < -0.39 is 0 Å². The number of aliphatic hydroxyl groups excluding tert-OH is 1. The molecule has 1 fully saturated rings. The molecule has 5 nitrogen and oxygen atoms in total. The molecule has 66 valence electrons. The number of nitrogens with two attached hydrogens (primary N) is 2. The lowest BCUT2D eigenvalue weighted by atomic mass is 10.4. The maximum Gasteiger partial charge on any atom is 0.222 e. The van der Waals surface area contributed by atoms with Crippen molar-refractivity contribution in [3.63, 3.8) is 0 Å². The van der Waals surface area contributed by atoms with Crippen LogP contribution < -0.4 is 11.7 Å². The second-order valence-corrected chi connectivity index (χ2v) is 2.21. The average molecular weight is 161 g/mol. The smallest absolute Gasteiger partial charge is 0.222 e. The van der Waals surface area contributed by atoms with Crippen molar-refractivity contribution in [1.29, 1.82) is 0 Å². The maximum atomic E-state index is 10.8. The van der Waals surface area contributed by atoms with Crippen LogP contribution in [0.25, 0.3) is 0 Å². The first kappa shape index (κ1) is 10.3. The third-order valence-electron chi connectivity index (χ3n) is 1.54. The van der Waals surface area contributed by atoms with Crippen molar-refractivity contribution in [2.24, 2.45) is 11.7 Å². The number of rotatable bonds is 2. The van der Waals surface area contributed by atoms with Crippen LogP contribution in [0.5, 0.6) is 0 Å². The van der Waals surface area contributed by atoms with Gasteiger partial charge < -0.3 is 10.0 Å². The van der Waals surface area contributed by atoms with Gasteiger partial charge in [-0.25, -0.2) is 0 Å². The van der Waals surface area contributed by atoms with E-state index >= 15 is 0 Å². The Bertz CT molecular complexity index is 118. The zero-order valence-corrected chi connectivity index (χ0v) is 6.49. The molecule has 0 aromatic carbocycles. The summed E-state index contributed by atoms with van der Waals surface area (Å²) >= 11 is 0. The molecule has 0 radical (unpaired) electrons. The Kier molecular flexibility index (Phi) is 5.73. The average Bonchev–Trinajstić information content (AvgIpc) is 2.42. The van der Waals surface area contributed by atoms with Crippen molar-refractivity contribution in [2.75, 3.05) is 19.7 Å². The van der Waals surface area contributed by atoms with Crippen LogP contribution in [0.3, 0.4) is 0 Å². The molecule has 1 aliphatic heterocycles. The number of hydrogen-bond acceptors (Lipinski definition) is 4. The van der Waals surface area contributed by atoms with Gasteiger partial charge in [-0.05, 0) is 6.42 Å². The van der Waals surface area contributed by atoms with Gasteiger partial charge in [0.1, 0.15) is 0 Å². The first-order valence-electron chi connectivity index (χ1n) is 3.56. The first-order valence-corrected chi connectivity index (χ1v) is 3.56. The van der Waals surface area contributed by atoms with Crippen LogP contribution in [0.4, 0.5) is 0 Å². The topological polar surface area (TPSA) is 92.6 Å². The summed E-state index contributed by atoms with van der Waals surface area (Å²) in [5.74, 6) is 8.18. The molecule has 1 saturated heterocycles. The normalized spacial score (nSPS) is 16.3. The Morgan fingerprint density at radius 1 is 1.55 bits per heavy atom. The highest BCUT2D eigenvalue weighted by Crippen LogP contribution is 2.07. The zero-order valence-electron chi connectivity index (χ0n) is 6.49. The molecule has 0 atom stereocenters. The lowest BCUT2D eigenvalue weighted by molar-refractivity contribution is -0.128. The number of hydrazine groups is 1. The Morgan fingerprint density at radius 3 is 2.55 bits per heavy atom. The van der Waals surface area contributed by atoms with Gasteiger partial charge in [-0.2, -0.15) is 0 Å². The number of carbonyl (C=O) groups is 1. The van der Waals surface area contributed by atoms with Gasteiger partial charge in [-0.3, -0.25) is 16.5 Å². The van der Waals surface area contributed by atoms with Crippen LogP contribution in [-0.4, -0.2) is 35.6 Å². The minimum atomic E-state index is 0.0890. The Morgan fingerprint density at radius 2 is 2.18 bits per heavy atom. The van der Waals surface area contributed by atoms with Crippen LogP contribution in [-0.2, 0) is 4.79 Å². The van der Waals surface area contributed by atoms with Crippen LogP contribution in [0, 0.1) is 0 Å². The number of β-amino-alcohol motifs (C(OH)–C–C–N with tert-alkyl or cyclic N) is 1. The van der Waals surface area contributed by atoms with E-state index in [1.807, 2.05) is 0 Å². The van der Waals surface area contributed by atoms with E-state index in [1.54, 1.807) is 4.90 Å². The van der Waals surface area contributed by atoms with Crippen molar-refractivity contribution in [2.45, 2.75) is 12.8 Å². The molecule has 1 heterocycles. The SMILES string of the molecule is NN.O=C1CCCN1CCO. The van der Waals surface area contributed by atoms with Gasteiger partial charge in [0, 0.05) is 19.5 Å². The first-order chi connectivity index (χ1) is 5.34. The zero-order chi connectivity index (χ0) is 8.69. The molecule has 0 spiro atoms. The second-order valence-electron chi connectivity index (χ2n) is 2.21. The molecule has 0 bridgehead atoms. The summed E-state index contributed by atoms with van der Waals surface area (Å²) in [5, 5.41) is 8.45. The van der Waals surface area contributed by atoms with E-state index in [9.17, 15) is 4.79 Å². The van der Waals surface area contributed by atoms with E-state index in [0.29, 0.717) is 13.0 Å². The molecule has 1 aliphatic rings. The largest absolute Gasteiger partial charge is 0.395 e. The third kappa shape index (κ3) is 3.31. The molecular weight excluding hydrogens is 146 g/mol. The summed E-state index contributed by atoms with van der Waals surface area (Å²) in [6.45, 7) is 1.43. The number of aliphatic hydroxyl groups is 1. The van der Waals surface area contributed by atoms with Crippen molar-refractivity contribution in [3.8, 4) is 0 Å². The summed E-state index contributed by atoms with van der Waals surface area (Å²) in [6.07, 6.45) is 1.62. The predicted molar refractivity (Wildman–Crippen MR) is 41.3 cm³/mol. The fourth-order valence-corrected chi connectivity index (χ4v) is 1.06. The summed E-state index contributed by atoms with van der Waals surface area (Å²) < 4.78 is 0. The summed E-state index contributed by atoms with van der Waals surface area (Å²) in [5.41, 5.74) is 0. The molecule has 0 aliphatic carbocycles. The molecule has 0 unspecified atom stereocenters. The van der Waals surface area contributed by atoms with Crippen LogP contribution >= 0.6 is 0 Å². The van der Waals surface area contributed by atoms with Gasteiger partial charge in [0.05, 0.1) is 6.61 Å². The second kappa shape index (κ2) is 6.09. The van der Waals surface area contributed by atoms with Gasteiger partial charge in [-0.15, -0.1) is 0 Å². The number of amides is 1. The monoisotopic (exact) mass is 161 g/mol. The molecule has 5 heteroatoms. The number of hydrogen-bond donors (Lipinski definition) is 3. The minimum Gasteiger partial charge on any atom is -0.395 e. The molecule has 1 amide bonds. The highest BCUT2D eigenvalue weighted by atomic mass is 16.3. The van der Waals surface area contributed by atoms with E-state index in [0.717, 1.165) is 13.0 Å². The molecule has 0 aromatic rings. The fraction of sp³-hybridized carbons (Fsp3) is 0.833. The number of carbonyl (C=O) groups excluding carboxylic acids is 1. The highest BCUT2D eigenvalue weighted by Gasteiger charge is 2.18. The highest BCUT2D eigenvalue weighted by molar-refractivity contribution is 5.77. The van der Waals surface area contributed by atoms with Crippen LogP contribution in [0.1, 0.15) is 12.8 Å². The van der Waals surface area contributed by atoms with Crippen molar-refractivity contribution < 1.29 is 9.90 Å². The van der Waals surface area contributed by atoms with E-state index in [4.69, 9.17) is 5.11 Å². The van der Waals surface area contributed by atoms with E-state index in [1.165, 1.54) is 0 Å². The summed E-state index contributed by atoms with van der Waals surface area (Å²) in [7, 11) is 0. The molecule has 0 saturated carbocycles. The quantitative estimate of drug-likeness (QED) is 0.336. The lowest BCUT2D eigenvalue weighted by Crippen LogP contribution is -2.27. The molecule has 11 heavy (non-hydrogen) atoms. The summed E-state index contributed by atoms with van der Waals surface area (Å²) in [4.78, 5) is 12.5. The van der Waals surface area contributed by atoms with E-state index in [-0.39, 0.29) is 12.5 Å².